The first-order valence-electron chi connectivity index (χ1n) is 11.3. The summed E-state index contributed by atoms with van der Waals surface area (Å²) in [5.41, 5.74) is 0.0946. The number of carbonyl (C=O) groups excluding carboxylic acids is 1. The van der Waals surface area contributed by atoms with Crippen LogP contribution in [0.4, 0.5) is 13.2 Å². The molecule has 7 heteroatoms. The molecule has 178 valence electrons. The van der Waals surface area contributed by atoms with Crippen molar-refractivity contribution < 1.29 is 23.1 Å². The molecule has 4 nitrogen and oxygen atoms in total. The van der Waals surface area contributed by atoms with Crippen LogP contribution in [-0.2, 0) is 16.6 Å². The zero-order valence-electron chi connectivity index (χ0n) is 18.6. The standard InChI is InChI=1S/C27H27F3N2O2/c28-27(29,30)23-13-7-12-22(18-23)26(34)14-16-32(17-15-26)19-24(33)31-25(20-8-3-1-4-9-20)21-10-5-2-6-11-21/h1-13,18,25,34H,14-17,19H2,(H,31,33). The Hall–Kier alpha value is -3.16. The summed E-state index contributed by atoms with van der Waals surface area (Å²) < 4.78 is 39.2. The van der Waals surface area contributed by atoms with E-state index in [1.807, 2.05) is 65.6 Å². The number of amides is 1. The maximum atomic E-state index is 13.1. The minimum atomic E-state index is -4.46. The summed E-state index contributed by atoms with van der Waals surface area (Å²) in [5.74, 6) is -0.151. The number of nitrogens with zero attached hydrogens (tertiary/aromatic N) is 1. The molecule has 0 unspecified atom stereocenters. The van der Waals surface area contributed by atoms with Gasteiger partial charge in [-0.25, -0.2) is 0 Å². The van der Waals surface area contributed by atoms with Gasteiger partial charge in [0.25, 0.3) is 0 Å². The number of likely N-dealkylation sites (tertiary alicyclic amines) is 1. The first kappa shape index (κ1) is 24.0. The third-order valence-electron chi connectivity index (χ3n) is 6.35. The van der Waals surface area contributed by atoms with Gasteiger partial charge in [0.1, 0.15) is 0 Å². The fourth-order valence-electron chi connectivity index (χ4n) is 4.41. The van der Waals surface area contributed by atoms with Crippen molar-refractivity contribution in [1.29, 1.82) is 0 Å². The summed E-state index contributed by atoms with van der Waals surface area (Å²) in [6.45, 7) is 0.956. The molecule has 0 aliphatic carbocycles. The number of rotatable bonds is 6. The number of benzene rings is 3. The van der Waals surface area contributed by atoms with Crippen molar-refractivity contribution in [1.82, 2.24) is 10.2 Å². The summed E-state index contributed by atoms with van der Waals surface area (Å²) in [6.07, 6.45) is -3.95. The molecule has 34 heavy (non-hydrogen) atoms. The second kappa shape index (κ2) is 9.99. The van der Waals surface area contributed by atoms with E-state index in [1.165, 1.54) is 12.1 Å². The summed E-state index contributed by atoms with van der Waals surface area (Å²) in [5, 5.41) is 14.1. The molecule has 1 aliphatic rings. The Morgan fingerprint density at radius 1 is 0.912 bits per heavy atom. The fraction of sp³-hybridized carbons (Fsp3) is 0.296. The Balaban J connectivity index is 1.39. The van der Waals surface area contributed by atoms with E-state index in [1.54, 1.807) is 0 Å². The molecule has 1 saturated heterocycles. The summed E-state index contributed by atoms with van der Waals surface area (Å²) in [4.78, 5) is 14.8. The maximum absolute atomic E-state index is 13.1. The summed E-state index contributed by atoms with van der Waals surface area (Å²) >= 11 is 0. The Labute approximate surface area is 197 Å². The zero-order valence-corrected chi connectivity index (χ0v) is 18.6. The van der Waals surface area contributed by atoms with Crippen LogP contribution in [0, 0.1) is 0 Å². The molecule has 2 N–H and O–H groups in total. The van der Waals surface area contributed by atoms with Crippen LogP contribution in [0.2, 0.25) is 0 Å². The quantitative estimate of drug-likeness (QED) is 0.542. The van der Waals surface area contributed by atoms with Crippen LogP contribution in [-0.4, -0.2) is 35.5 Å². The Kier molecular flexibility index (Phi) is 7.05. The smallest absolute Gasteiger partial charge is 0.385 e. The van der Waals surface area contributed by atoms with Gasteiger partial charge in [0.05, 0.1) is 23.8 Å². The molecule has 0 saturated carbocycles. The van der Waals surface area contributed by atoms with Crippen molar-refractivity contribution in [2.24, 2.45) is 0 Å². The molecular weight excluding hydrogens is 441 g/mol. The van der Waals surface area contributed by atoms with Crippen molar-refractivity contribution in [3.8, 4) is 0 Å². The van der Waals surface area contributed by atoms with Gasteiger partial charge in [0, 0.05) is 13.1 Å². The van der Waals surface area contributed by atoms with Crippen molar-refractivity contribution in [2.75, 3.05) is 19.6 Å². The molecule has 1 amide bonds. The minimum absolute atomic E-state index is 0.148. The van der Waals surface area contributed by atoms with Gasteiger partial charge in [0.15, 0.2) is 0 Å². The molecule has 1 aliphatic heterocycles. The van der Waals surface area contributed by atoms with E-state index in [2.05, 4.69) is 5.32 Å². The topological polar surface area (TPSA) is 52.6 Å². The van der Waals surface area contributed by atoms with Gasteiger partial charge < -0.3 is 10.4 Å². The lowest BCUT2D eigenvalue weighted by atomic mass is 9.83. The third-order valence-corrected chi connectivity index (χ3v) is 6.35. The van der Waals surface area contributed by atoms with Crippen LogP contribution in [0.25, 0.3) is 0 Å². The van der Waals surface area contributed by atoms with Gasteiger partial charge >= 0.3 is 6.18 Å². The molecule has 3 aromatic carbocycles. The Morgan fingerprint density at radius 2 is 1.47 bits per heavy atom. The molecule has 1 fully saturated rings. The molecule has 0 aromatic heterocycles. The predicted molar refractivity (Wildman–Crippen MR) is 124 cm³/mol. The number of alkyl halides is 3. The van der Waals surface area contributed by atoms with Crippen LogP contribution in [0.15, 0.2) is 84.9 Å². The van der Waals surface area contributed by atoms with E-state index in [4.69, 9.17) is 0 Å². The van der Waals surface area contributed by atoms with E-state index in [9.17, 15) is 23.1 Å². The number of hydrogen-bond acceptors (Lipinski definition) is 3. The van der Waals surface area contributed by atoms with Gasteiger partial charge in [-0.15, -0.1) is 0 Å². The van der Waals surface area contributed by atoms with Crippen molar-refractivity contribution in [3.05, 3.63) is 107 Å². The van der Waals surface area contributed by atoms with Crippen LogP contribution in [0.3, 0.4) is 0 Å². The van der Waals surface area contributed by atoms with Crippen LogP contribution in [0.5, 0.6) is 0 Å². The molecule has 0 atom stereocenters. The summed E-state index contributed by atoms with van der Waals surface area (Å²) in [7, 11) is 0. The van der Waals surface area contributed by atoms with Gasteiger partial charge in [-0.2, -0.15) is 13.2 Å². The molecule has 1 heterocycles. The number of hydrogen-bond donors (Lipinski definition) is 2. The highest BCUT2D eigenvalue weighted by molar-refractivity contribution is 5.79. The van der Waals surface area contributed by atoms with Crippen molar-refractivity contribution >= 4 is 5.91 Å². The highest BCUT2D eigenvalue weighted by Crippen LogP contribution is 2.36. The van der Waals surface area contributed by atoms with E-state index in [-0.39, 0.29) is 36.9 Å². The predicted octanol–water partition coefficient (Wildman–Crippen LogP) is 4.89. The molecular formula is C27H27F3N2O2. The van der Waals surface area contributed by atoms with Gasteiger partial charge in [0.2, 0.25) is 5.91 Å². The number of aliphatic hydroxyl groups is 1. The third kappa shape index (κ3) is 5.66. The number of piperidine rings is 1. The molecule has 0 bridgehead atoms. The lowest BCUT2D eigenvalue weighted by Crippen LogP contribution is -2.47. The largest absolute Gasteiger partial charge is 0.416 e. The van der Waals surface area contributed by atoms with E-state index in [0.717, 1.165) is 23.3 Å². The first-order valence-corrected chi connectivity index (χ1v) is 11.3. The van der Waals surface area contributed by atoms with Gasteiger partial charge in [-0.05, 0) is 41.7 Å². The van der Waals surface area contributed by atoms with Crippen LogP contribution >= 0.6 is 0 Å². The lowest BCUT2D eigenvalue weighted by molar-refractivity contribution is -0.138. The number of nitrogens with one attached hydrogen (secondary N) is 1. The summed E-state index contributed by atoms with van der Waals surface area (Å²) in [6, 6.07) is 24.0. The second-order valence-electron chi connectivity index (χ2n) is 8.71. The number of halogens is 3. The zero-order chi connectivity index (χ0) is 24.2. The minimum Gasteiger partial charge on any atom is -0.385 e. The highest BCUT2D eigenvalue weighted by atomic mass is 19.4. The SMILES string of the molecule is O=C(CN1CCC(O)(c2cccc(C(F)(F)F)c2)CC1)NC(c1ccccc1)c1ccccc1. The molecule has 0 radical (unpaired) electrons. The maximum Gasteiger partial charge on any atom is 0.416 e. The van der Waals surface area contributed by atoms with Gasteiger partial charge in [-0.3, -0.25) is 9.69 Å². The molecule has 3 aromatic rings. The molecule has 0 spiro atoms. The Morgan fingerprint density at radius 3 is 2.00 bits per heavy atom. The monoisotopic (exact) mass is 468 g/mol. The molecule has 4 rings (SSSR count). The highest BCUT2D eigenvalue weighted by Gasteiger charge is 2.37. The average Bonchev–Trinajstić information content (AvgIpc) is 2.85. The first-order chi connectivity index (χ1) is 16.2. The average molecular weight is 469 g/mol. The Bertz CT molecular complexity index is 1060. The van der Waals surface area contributed by atoms with E-state index in [0.29, 0.717) is 13.1 Å². The normalized spacial score (nSPS) is 16.4. The van der Waals surface area contributed by atoms with Crippen molar-refractivity contribution in [2.45, 2.75) is 30.7 Å². The number of carbonyl (C=O) groups is 1. The van der Waals surface area contributed by atoms with Crippen molar-refractivity contribution in [3.63, 3.8) is 0 Å². The van der Waals surface area contributed by atoms with Gasteiger partial charge in [-0.1, -0.05) is 72.8 Å². The van der Waals surface area contributed by atoms with E-state index >= 15 is 0 Å². The van der Waals surface area contributed by atoms with Crippen LogP contribution in [0.1, 0.15) is 41.1 Å². The van der Waals surface area contributed by atoms with E-state index < -0.39 is 17.3 Å². The second-order valence-corrected chi connectivity index (χ2v) is 8.71. The lowest BCUT2D eigenvalue weighted by Gasteiger charge is -2.38. The van der Waals surface area contributed by atoms with Crippen LogP contribution < -0.4 is 5.32 Å². The fourth-order valence-corrected chi connectivity index (χ4v) is 4.41.